The topological polar surface area (TPSA) is 54.3 Å². The first-order chi connectivity index (χ1) is 15.6. The summed E-state index contributed by atoms with van der Waals surface area (Å²) in [6.07, 6.45) is 5.53. The summed E-state index contributed by atoms with van der Waals surface area (Å²) in [4.78, 5) is 17.5. The van der Waals surface area contributed by atoms with Gasteiger partial charge in [0.05, 0.1) is 12.7 Å². The molecule has 1 saturated heterocycles. The summed E-state index contributed by atoms with van der Waals surface area (Å²) < 4.78 is 2.71. The van der Waals surface area contributed by atoms with Crippen molar-refractivity contribution in [3.63, 3.8) is 0 Å². The van der Waals surface area contributed by atoms with Gasteiger partial charge < -0.3 is 9.80 Å². The van der Waals surface area contributed by atoms with Crippen LogP contribution < -0.4 is 4.90 Å². The van der Waals surface area contributed by atoms with E-state index in [-0.39, 0.29) is 11.9 Å². The maximum absolute atomic E-state index is 13.0. The molecule has 1 aliphatic rings. The van der Waals surface area contributed by atoms with Gasteiger partial charge in [-0.1, -0.05) is 54.6 Å². The first-order valence-electron chi connectivity index (χ1n) is 11.4. The van der Waals surface area contributed by atoms with E-state index in [0.717, 1.165) is 53.8 Å². The maximum Gasteiger partial charge on any atom is 0.226 e. The summed E-state index contributed by atoms with van der Waals surface area (Å²) in [7, 11) is 0. The fourth-order valence-corrected chi connectivity index (χ4v) is 4.82. The van der Waals surface area contributed by atoms with Gasteiger partial charge in [0.2, 0.25) is 5.91 Å². The predicted molar refractivity (Wildman–Crippen MR) is 136 cm³/mol. The van der Waals surface area contributed by atoms with Crippen molar-refractivity contribution in [2.45, 2.75) is 45.2 Å². The molecule has 3 aromatic rings. The number of aromatic nitrogens is 3. The summed E-state index contributed by atoms with van der Waals surface area (Å²) in [5, 5.41) is 8.20. The number of carbonyl (C=O) groups is 1. The van der Waals surface area contributed by atoms with E-state index in [4.69, 9.17) is 0 Å². The largest absolute Gasteiger partial charge is 0.309 e. The van der Waals surface area contributed by atoms with Crippen LogP contribution in [0.3, 0.4) is 0 Å². The Hall–Kier alpha value is -2.26. The van der Waals surface area contributed by atoms with Crippen molar-refractivity contribution >= 4 is 34.2 Å². The lowest BCUT2D eigenvalue weighted by Gasteiger charge is -2.38. The van der Waals surface area contributed by atoms with Gasteiger partial charge in [-0.05, 0) is 65.1 Å². The number of amides is 1. The van der Waals surface area contributed by atoms with E-state index in [2.05, 4.69) is 86.3 Å². The molecule has 7 heteroatoms. The second kappa shape index (κ2) is 11.0. The van der Waals surface area contributed by atoms with E-state index in [1.54, 1.807) is 0 Å². The van der Waals surface area contributed by atoms with E-state index >= 15 is 0 Å². The number of anilines is 1. The summed E-state index contributed by atoms with van der Waals surface area (Å²) in [5.41, 5.74) is 3.50. The molecule has 1 aliphatic heterocycles. The summed E-state index contributed by atoms with van der Waals surface area (Å²) in [5.74, 6) is 0.195. The normalized spacial score (nSPS) is 15.1. The zero-order valence-electron chi connectivity index (χ0n) is 18.5. The molecule has 6 nitrogen and oxygen atoms in total. The molecule has 32 heavy (non-hydrogen) atoms. The van der Waals surface area contributed by atoms with Gasteiger partial charge in [0.15, 0.2) is 0 Å². The van der Waals surface area contributed by atoms with Gasteiger partial charge in [0.25, 0.3) is 0 Å². The summed E-state index contributed by atoms with van der Waals surface area (Å²) >= 11 is 2.16. The smallest absolute Gasteiger partial charge is 0.226 e. The first kappa shape index (κ1) is 22.9. The van der Waals surface area contributed by atoms with E-state index in [1.807, 2.05) is 28.8 Å². The Morgan fingerprint density at radius 1 is 1.09 bits per heavy atom. The average molecular weight is 543 g/mol. The van der Waals surface area contributed by atoms with Crippen molar-refractivity contribution in [3.8, 4) is 0 Å². The number of halogens is 1. The highest BCUT2D eigenvalue weighted by molar-refractivity contribution is 14.1. The van der Waals surface area contributed by atoms with Crippen LogP contribution in [0.4, 0.5) is 5.69 Å². The van der Waals surface area contributed by atoms with Crippen molar-refractivity contribution in [1.82, 2.24) is 19.9 Å². The molecule has 0 unspecified atom stereocenters. The van der Waals surface area contributed by atoms with Crippen molar-refractivity contribution in [2.75, 3.05) is 24.5 Å². The molecule has 0 atom stereocenters. The van der Waals surface area contributed by atoms with Crippen molar-refractivity contribution in [2.24, 2.45) is 0 Å². The van der Waals surface area contributed by atoms with Gasteiger partial charge in [-0.2, -0.15) is 0 Å². The Balaban J connectivity index is 1.41. The minimum atomic E-state index is 0.195. The van der Waals surface area contributed by atoms with Crippen LogP contribution in [0.2, 0.25) is 0 Å². The number of likely N-dealkylation sites (tertiary alicyclic amines) is 1. The lowest BCUT2D eigenvalue weighted by molar-refractivity contribution is -0.119. The van der Waals surface area contributed by atoms with Gasteiger partial charge in [0.1, 0.15) is 3.70 Å². The molecule has 0 radical (unpaired) electrons. The Bertz CT molecular complexity index is 1010. The van der Waals surface area contributed by atoms with Crippen LogP contribution in [0, 0.1) is 3.70 Å². The standard InChI is InChI=1S/C25H30IN5O/c1-2-25(32)31(23-10-6-9-21(17-23)18-30-19-24(26)27-28-30)22-12-15-29(16-13-22)14-11-20-7-4-3-5-8-20/h3-10,17,19,22H,2,11-16,18H2,1H3. The van der Waals surface area contributed by atoms with Gasteiger partial charge in [0, 0.05) is 37.8 Å². The van der Waals surface area contributed by atoms with E-state index in [0.29, 0.717) is 13.0 Å². The first-order valence-corrected chi connectivity index (χ1v) is 12.4. The second-order valence-electron chi connectivity index (χ2n) is 8.33. The monoisotopic (exact) mass is 543 g/mol. The number of benzene rings is 2. The van der Waals surface area contributed by atoms with E-state index < -0.39 is 0 Å². The number of piperidine rings is 1. The van der Waals surface area contributed by atoms with Crippen LogP contribution >= 0.6 is 22.6 Å². The third-order valence-electron chi connectivity index (χ3n) is 6.10. The molecule has 0 aliphatic carbocycles. The SMILES string of the molecule is CCC(=O)N(c1cccc(Cn2cc(I)nn2)c1)C1CCN(CCc2ccccc2)CC1. The minimum absolute atomic E-state index is 0.195. The zero-order valence-corrected chi connectivity index (χ0v) is 20.7. The lowest BCUT2D eigenvalue weighted by Crippen LogP contribution is -2.48. The molecular formula is C25H30IN5O. The number of carbonyl (C=O) groups excluding carboxylic acids is 1. The number of nitrogens with zero attached hydrogens (tertiary/aromatic N) is 5. The van der Waals surface area contributed by atoms with Crippen molar-refractivity contribution in [1.29, 1.82) is 0 Å². The van der Waals surface area contributed by atoms with Crippen molar-refractivity contribution < 1.29 is 4.79 Å². The number of rotatable bonds is 8. The van der Waals surface area contributed by atoms with Crippen LogP contribution in [-0.4, -0.2) is 51.5 Å². The minimum Gasteiger partial charge on any atom is -0.309 e. The van der Waals surface area contributed by atoms with Crippen LogP contribution in [-0.2, 0) is 17.8 Å². The highest BCUT2D eigenvalue weighted by Crippen LogP contribution is 2.26. The fourth-order valence-electron chi connectivity index (χ4n) is 4.41. The Morgan fingerprint density at radius 3 is 2.53 bits per heavy atom. The molecule has 1 fully saturated rings. The molecule has 1 amide bonds. The molecular weight excluding hydrogens is 513 g/mol. The summed E-state index contributed by atoms with van der Waals surface area (Å²) in [6, 6.07) is 19.2. The van der Waals surface area contributed by atoms with Crippen molar-refractivity contribution in [3.05, 3.63) is 75.6 Å². The second-order valence-corrected chi connectivity index (χ2v) is 9.44. The fraction of sp³-hybridized carbons (Fsp3) is 0.400. The van der Waals surface area contributed by atoms with E-state index in [9.17, 15) is 4.79 Å². The van der Waals surface area contributed by atoms with E-state index in [1.165, 1.54) is 5.56 Å². The molecule has 0 bridgehead atoms. The lowest BCUT2D eigenvalue weighted by atomic mass is 10.0. The number of hydrogen-bond donors (Lipinski definition) is 0. The molecule has 0 N–H and O–H groups in total. The quantitative estimate of drug-likeness (QED) is 0.396. The average Bonchev–Trinajstić information content (AvgIpc) is 3.24. The van der Waals surface area contributed by atoms with Gasteiger partial charge in [-0.3, -0.25) is 4.79 Å². The van der Waals surface area contributed by atoms with Crippen LogP contribution in [0.25, 0.3) is 0 Å². The van der Waals surface area contributed by atoms with Gasteiger partial charge in [-0.25, -0.2) is 4.68 Å². The number of hydrogen-bond acceptors (Lipinski definition) is 4. The Kier molecular flexibility index (Phi) is 7.91. The predicted octanol–water partition coefficient (Wildman–Crippen LogP) is 4.38. The maximum atomic E-state index is 13.0. The Morgan fingerprint density at radius 2 is 1.84 bits per heavy atom. The van der Waals surface area contributed by atoms with Gasteiger partial charge >= 0.3 is 0 Å². The van der Waals surface area contributed by atoms with Gasteiger partial charge in [-0.15, -0.1) is 5.10 Å². The van der Waals surface area contributed by atoms with Crippen LogP contribution in [0.15, 0.2) is 60.8 Å². The molecule has 2 aromatic carbocycles. The molecule has 4 rings (SSSR count). The third kappa shape index (κ3) is 5.95. The molecule has 168 valence electrons. The molecule has 0 saturated carbocycles. The summed E-state index contributed by atoms with van der Waals surface area (Å²) in [6.45, 7) is 5.73. The third-order valence-corrected chi connectivity index (χ3v) is 6.59. The van der Waals surface area contributed by atoms with Crippen LogP contribution in [0.1, 0.15) is 37.3 Å². The van der Waals surface area contributed by atoms with Crippen LogP contribution in [0.5, 0.6) is 0 Å². The molecule has 1 aromatic heterocycles. The molecule has 0 spiro atoms. The highest BCUT2D eigenvalue weighted by Gasteiger charge is 2.28. The zero-order chi connectivity index (χ0) is 22.3. The molecule has 2 heterocycles. The Labute approximate surface area is 203 Å². The highest BCUT2D eigenvalue weighted by atomic mass is 127.